The van der Waals surface area contributed by atoms with Gasteiger partial charge in [0.15, 0.2) is 0 Å². The molecule has 0 aromatic heterocycles. The average molecular weight is 344 g/mol. The SMILES string of the molecule is C[C@H](O)C#CC#Cc1ccc(C(=O)N[C@H](C(=O)NO)C(C)(C)O)cc1. The van der Waals surface area contributed by atoms with Crippen LogP contribution in [0, 0.1) is 23.7 Å². The Morgan fingerprint density at radius 2 is 1.76 bits per heavy atom. The Bertz CT molecular complexity index is 740. The second-order valence-electron chi connectivity index (χ2n) is 5.81. The van der Waals surface area contributed by atoms with Crippen LogP contribution in [0.25, 0.3) is 0 Å². The minimum Gasteiger partial charge on any atom is -0.388 e. The minimum atomic E-state index is -1.57. The van der Waals surface area contributed by atoms with E-state index in [9.17, 15) is 14.7 Å². The first kappa shape index (κ1) is 20.2. The number of amides is 2. The molecule has 25 heavy (non-hydrogen) atoms. The minimum absolute atomic E-state index is 0.251. The highest BCUT2D eigenvalue weighted by Gasteiger charge is 2.34. The van der Waals surface area contributed by atoms with Gasteiger partial charge in [-0.3, -0.25) is 14.8 Å². The molecule has 0 spiro atoms. The summed E-state index contributed by atoms with van der Waals surface area (Å²) in [6.45, 7) is 4.19. The summed E-state index contributed by atoms with van der Waals surface area (Å²) in [5, 5.41) is 30.0. The third kappa shape index (κ3) is 6.66. The van der Waals surface area contributed by atoms with Crippen LogP contribution in [-0.2, 0) is 4.79 Å². The Morgan fingerprint density at radius 3 is 2.24 bits per heavy atom. The smallest absolute Gasteiger partial charge is 0.268 e. The highest BCUT2D eigenvalue weighted by Crippen LogP contribution is 2.11. The first-order valence-electron chi connectivity index (χ1n) is 7.42. The lowest BCUT2D eigenvalue weighted by molar-refractivity contribution is -0.136. The predicted molar refractivity (Wildman–Crippen MR) is 90.3 cm³/mol. The van der Waals surface area contributed by atoms with Crippen LogP contribution >= 0.6 is 0 Å². The molecular formula is C18H20N2O5. The molecule has 7 nitrogen and oxygen atoms in total. The van der Waals surface area contributed by atoms with E-state index < -0.39 is 29.6 Å². The third-order valence-electron chi connectivity index (χ3n) is 3.05. The summed E-state index contributed by atoms with van der Waals surface area (Å²) in [7, 11) is 0. The van der Waals surface area contributed by atoms with Crippen LogP contribution < -0.4 is 10.8 Å². The summed E-state index contributed by atoms with van der Waals surface area (Å²) in [5.74, 6) is 8.78. The molecule has 1 aromatic rings. The zero-order chi connectivity index (χ0) is 19.0. The molecule has 0 aliphatic heterocycles. The lowest BCUT2D eigenvalue weighted by Gasteiger charge is -2.28. The van der Waals surface area contributed by atoms with Gasteiger partial charge in [-0.25, -0.2) is 5.48 Å². The van der Waals surface area contributed by atoms with Gasteiger partial charge in [-0.15, -0.1) is 0 Å². The van der Waals surface area contributed by atoms with Gasteiger partial charge in [0.1, 0.15) is 12.1 Å². The van der Waals surface area contributed by atoms with Crippen molar-refractivity contribution in [2.45, 2.75) is 38.5 Å². The van der Waals surface area contributed by atoms with Gasteiger partial charge in [0.05, 0.1) is 5.60 Å². The number of hydrogen-bond donors (Lipinski definition) is 5. The number of hydrogen-bond acceptors (Lipinski definition) is 5. The van der Waals surface area contributed by atoms with Crippen molar-refractivity contribution in [2.24, 2.45) is 0 Å². The highest BCUT2D eigenvalue weighted by atomic mass is 16.5. The maximum atomic E-state index is 12.2. The van der Waals surface area contributed by atoms with E-state index in [2.05, 4.69) is 29.0 Å². The Labute approximate surface area is 146 Å². The molecule has 1 aromatic carbocycles. The topological polar surface area (TPSA) is 119 Å². The molecule has 0 radical (unpaired) electrons. The molecule has 0 aliphatic rings. The quantitative estimate of drug-likeness (QED) is 0.294. The summed E-state index contributed by atoms with van der Waals surface area (Å²) in [5.41, 5.74) is 0.703. The van der Waals surface area contributed by atoms with Crippen LogP contribution in [0.15, 0.2) is 24.3 Å². The zero-order valence-corrected chi connectivity index (χ0v) is 14.1. The van der Waals surface area contributed by atoms with E-state index in [-0.39, 0.29) is 5.56 Å². The van der Waals surface area contributed by atoms with Gasteiger partial charge in [-0.2, -0.15) is 0 Å². The summed E-state index contributed by atoms with van der Waals surface area (Å²) >= 11 is 0. The fraction of sp³-hybridized carbons (Fsp3) is 0.333. The fourth-order valence-electron chi connectivity index (χ4n) is 1.79. The molecule has 0 fully saturated rings. The van der Waals surface area contributed by atoms with Crippen molar-refractivity contribution >= 4 is 11.8 Å². The predicted octanol–water partition coefficient (Wildman–Crippen LogP) is -0.203. The van der Waals surface area contributed by atoms with Gasteiger partial charge in [0, 0.05) is 11.1 Å². The second kappa shape index (κ2) is 8.86. The summed E-state index contributed by atoms with van der Waals surface area (Å²) in [4.78, 5) is 23.8. The molecular weight excluding hydrogens is 324 g/mol. The summed E-state index contributed by atoms with van der Waals surface area (Å²) in [6, 6.07) is 4.86. The van der Waals surface area contributed by atoms with Crippen molar-refractivity contribution in [3.63, 3.8) is 0 Å². The number of nitrogens with one attached hydrogen (secondary N) is 2. The molecule has 0 saturated carbocycles. The molecule has 7 heteroatoms. The highest BCUT2D eigenvalue weighted by molar-refractivity contribution is 5.97. The van der Waals surface area contributed by atoms with Gasteiger partial charge in [-0.1, -0.05) is 11.8 Å². The van der Waals surface area contributed by atoms with Crippen molar-refractivity contribution in [1.82, 2.24) is 10.8 Å². The molecule has 2 atom stereocenters. The van der Waals surface area contributed by atoms with Gasteiger partial charge in [0.25, 0.3) is 11.8 Å². The van der Waals surface area contributed by atoms with Crippen molar-refractivity contribution < 1.29 is 25.0 Å². The number of rotatable bonds is 4. The lowest BCUT2D eigenvalue weighted by Crippen LogP contribution is -2.57. The largest absolute Gasteiger partial charge is 0.388 e. The normalized spacial score (nSPS) is 12.6. The standard InChI is InChI=1S/C18H20N2O5/c1-12(21)6-4-5-7-13-8-10-14(11-9-13)16(22)19-15(17(23)20-25)18(2,3)24/h8-12,15,21,24-25H,1-3H3,(H,19,22)(H,20,23)/t12-,15+/m0/s1. The Kier molecular flexibility index (Phi) is 7.16. The Balaban J connectivity index is 2.86. The number of carbonyl (C=O) groups is 2. The monoisotopic (exact) mass is 344 g/mol. The van der Waals surface area contributed by atoms with Gasteiger partial charge in [0.2, 0.25) is 0 Å². The van der Waals surface area contributed by atoms with Crippen LogP contribution in [0.5, 0.6) is 0 Å². The Morgan fingerprint density at radius 1 is 1.16 bits per heavy atom. The number of aliphatic hydroxyl groups excluding tert-OH is 1. The van der Waals surface area contributed by atoms with Gasteiger partial charge >= 0.3 is 0 Å². The number of carbonyl (C=O) groups excluding carboxylic acids is 2. The maximum Gasteiger partial charge on any atom is 0.268 e. The molecule has 0 heterocycles. The van der Waals surface area contributed by atoms with E-state index in [0.29, 0.717) is 5.56 Å². The lowest BCUT2D eigenvalue weighted by atomic mass is 9.97. The number of aliphatic hydroxyl groups is 2. The van der Waals surface area contributed by atoms with E-state index in [1.165, 1.54) is 38.4 Å². The van der Waals surface area contributed by atoms with Crippen LogP contribution in [0.2, 0.25) is 0 Å². The summed E-state index contributed by atoms with van der Waals surface area (Å²) in [6.07, 6.45) is -0.750. The van der Waals surface area contributed by atoms with Crippen molar-refractivity contribution in [2.75, 3.05) is 0 Å². The average Bonchev–Trinajstić information content (AvgIpc) is 2.55. The number of benzene rings is 1. The van der Waals surface area contributed by atoms with E-state index >= 15 is 0 Å². The van der Waals surface area contributed by atoms with Crippen LogP contribution in [-0.4, -0.2) is 45.0 Å². The van der Waals surface area contributed by atoms with Crippen molar-refractivity contribution in [3.8, 4) is 23.7 Å². The van der Waals surface area contributed by atoms with E-state index in [0.717, 1.165) is 0 Å². The van der Waals surface area contributed by atoms with Crippen LogP contribution in [0.1, 0.15) is 36.7 Å². The van der Waals surface area contributed by atoms with E-state index in [4.69, 9.17) is 10.3 Å². The van der Waals surface area contributed by atoms with Gasteiger partial charge in [-0.05, 0) is 56.9 Å². The van der Waals surface area contributed by atoms with Crippen molar-refractivity contribution in [3.05, 3.63) is 35.4 Å². The van der Waals surface area contributed by atoms with Crippen LogP contribution in [0.4, 0.5) is 0 Å². The maximum absolute atomic E-state index is 12.2. The van der Waals surface area contributed by atoms with Crippen LogP contribution in [0.3, 0.4) is 0 Å². The van der Waals surface area contributed by atoms with E-state index in [1.807, 2.05) is 0 Å². The molecule has 0 aliphatic carbocycles. The number of hydroxylamine groups is 1. The summed E-state index contributed by atoms with van der Waals surface area (Å²) < 4.78 is 0. The molecule has 0 bridgehead atoms. The van der Waals surface area contributed by atoms with Crippen molar-refractivity contribution in [1.29, 1.82) is 0 Å². The first-order chi connectivity index (χ1) is 11.6. The fourth-order valence-corrected chi connectivity index (χ4v) is 1.79. The third-order valence-corrected chi connectivity index (χ3v) is 3.05. The zero-order valence-electron chi connectivity index (χ0n) is 14.1. The second-order valence-corrected chi connectivity index (χ2v) is 5.81. The first-order valence-corrected chi connectivity index (χ1v) is 7.42. The molecule has 1 rings (SSSR count). The van der Waals surface area contributed by atoms with Gasteiger partial charge < -0.3 is 15.5 Å². The molecule has 5 N–H and O–H groups in total. The van der Waals surface area contributed by atoms with E-state index in [1.54, 1.807) is 12.1 Å². The molecule has 0 unspecified atom stereocenters. The molecule has 2 amide bonds. The molecule has 0 saturated heterocycles. The Hall–Kier alpha value is -2.84. The molecule has 132 valence electrons.